The lowest BCUT2D eigenvalue weighted by Crippen LogP contribution is -2.53. The zero-order chi connectivity index (χ0) is 10.6. The second kappa shape index (κ2) is 4.72. The minimum Gasteiger partial charge on any atom is -0.383 e. The molecular weight excluding hydrogens is 184 g/mol. The van der Waals surface area contributed by atoms with Crippen LogP contribution in [0, 0.1) is 0 Å². The molecule has 2 atom stereocenters. The van der Waals surface area contributed by atoms with Crippen LogP contribution in [0.1, 0.15) is 13.3 Å². The van der Waals surface area contributed by atoms with E-state index < -0.39 is 6.04 Å². The van der Waals surface area contributed by atoms with Gasteiger partial charge >= 0.3 is 0 Å². The lowest BCUT2D eigenvalue weighted by atomic mass is 10.0. The first-order valence-corrected chi connectivity index (χ1v) is 4.72. The molecule has 0 aliphatic carbocycles. The summed E-state index contributed by atoms with van der Waals surface area (Å²) in [7, 11) is 1.52. The van der Waals surface area contributed by atoms with Gasteiger partial charge in [-0.1, -0.05) is 0 Å². The van der Waals surface area contributed by atoms with Gasteiger partial charge in [-0.25, -0.2) is 0 Å². The second-order valence-electron chi connectivity index (χ2n) is 3.91. The van der Waals surface area contributed by atoms with E-state index in [4.69, 9.17) is 15.2 Å². The smallest absolute Gasteiger partial charge is 0.239 e. The van der Waals surface area contributed by atoms with Gasteiger partial charge in [-0.05, 0) is 13.3 Å². The van der Waals surface area contributed by atoms with Crippen LogP contribution in [0.5, 0.6) is 0 Å². The summed E-state index contributed by atoms with van der Waals surface area (Å²) >= 11 is 0. The summed E-state index contributed by atoms with van der Waals surface area (Å²) in [6, 6.07) is -0.600. The minimum atomic E-state index is -0.600. The SMILES string of the molecule is COCC(N)C(=O)NC1(C)CCOC1. The first-order chi connectivity index (χ1) is 6.57. The van der Waals surface area contributed by atoms with E-state index in [2.05, 4.69) is 5.32 Å². The highest BCUT2D eigenvalue weighted by Gasteiger charge is 2.32. The van der Waals surface area contributed by atoms with Crippen LogP contribution in [0.25, 0.3) is 0 Å². The number of nitrogens with one attached hydrogen (secondary N) is 1. The minimum absolute atomic E-state index is 0.181. The Balaban J connectivity index is 2.39. The number of carbonyl (C=O) groups is 1. The van der Waals surface area contributed by atoms with E-state index >= 15 is 0 Å². The van der Waals surface area contributed by atoms with E-state index in [-0.39, 0.29) is 18.1 Å². The summed E-state index contributed by atoms with van der Waals surface area (Å²) in [5.74, 6) is -0.181. The molecule has 1 rings (SSSR count). The van der Waals surface area contributed by atoms with Gasteiger partial charge in [0.1, 0.15) is 6.04 Å². The van der Waals surface area contributed by atoms with Crippen molar-refractivity contribution in [1.29, 1.82) is 0 Å². The van der Waals surface area contributed by atoms with Crippen molar-refractivity contribution in [2.24, 2.45) is 5.73 Å². The standard InChI is InChI=1S/C9H18N2O3/c1-9(3-4-14-6-9)11-8(12)7(10)5-13-2/h7H,3-6,10H2,1-2H3,(H,11,12). The monoisotopic (exact) mass is 202 g/mol. The van der Waals surface area contributed by atoms with Crippen LogP contribution in [0.2, 0.25) is 0 Å². The Kier molecular flexibility index (Phi) is 3.86. The van der Waals surface area contributed by atoms with Crippen molar-refractivity contribution < 1.29 is 14.3 Å². The summed E-state index contributed by atoms with van der Waals surface area (Å²) in [6.07, 6.45) is 0.832. The number of ether oxygens (including phenoxy) is 2. The van der Waals surface area contributed by atoms with Crippen LogP contribution >= 0.6 is 0 Å². The Morgan fingerprint density at radius 2 is 2.50 bits per heavy atom. The van der Waals surface area contributed by atoms with Crippen molar-refractivity contribution in [3.8, 4) is 0 Å². The van der Waals surface area contributed by atoms with Crippen LogP contribution in [0.3, 0.4) is 0 Å². The van der Waals surface area contributed by atoms with Gasteiger partial charge in [-0.3, -0.25) is 4.79 Å². The molecule has 1 heterocycles. The Morgan fingerprint density at radius 1 is 1.79 bits per heavy atom. The number of methoxy groups -OCH3 is 1. The van der Waals surface area contributed by atoms with E-state index in [1.165, 1.54) is 7.11 Å². The Hall–Kier alpha value is -0.650. The summed E-state index contributed by atoms with van der Waals surface area (Å²) in [4.78, 5) is 11.5. The average Bonchev–Trinajstić information content (AvgIpc) is 2.52. The van der Waals surface area contributed by atoms with Crippen molar-refractivity contribution in [2.45, 2.75) is 24.9 Å². The van der Waals surface area contributed by atoms with Gasteiger partial charge in [0, 0.05) is 13.7 Å². The normalized spacial score (nSPS) is 28.8. The average molecular weight is 202 g/mol. The van der Waals surface area contributed by atoms with Crippen LogP contribution < -0.4 is 11.1 Å². The largest absolute Gasteiger partial charge is 0.383 e. The lowest BCUT2D eigenvalue weighted by Gasteiger charge is -2.25. The van der Waals surface area contributed by atoms with Crippen molar-refractivity contribution in [3.63, 3.8) is 0 Å². The molecule has 0 radical (unpaired) electrons. The summed E-state index contributed by atoms with van der Waals surface area (Å²) in [6.45, 7) is 3.44. The third-order valence-corrected chi connectivity index (χ3v) is 2.33. The molecule has 0 spiro atoms. The molecule has 1 amide bonds. The number of rotatable bonds is 4. The predicted molar refractivity (Wildman–Crippen MR) is 51.8 cm³/mol. The molecule has 82 valence electrons. The molecule has 0 aromatic rings. The third kappa shape index (κ3) is 2.94. The lowest BCUT2D eigenvalue weighted by molar-refractivity contribution is -0.125. The molecule has 0 saturated carbocycles. The molecule has 3 N–H and O–H groups in total. The number of nitrogens with two attached hydrogens (primary N) is 1. The molecule has 5 nitrogen and oxygen atoms in total. The van der Waals surface area contributed by atoms with Crippen molar-refractivity contribution in [1.82, 2.24) is 5.32 Å². The Morgan fingerprint density at radius 3 is 3.00 bits per heavy atom. The Labute approximate surface area is 83.9 Å². The van der Waals surface area contributed by atoms with Gasteiger partial charge in [0.2, 0.25) is 5.91 Å². The first-order valence-electron chi connectivity index (χ1n) is 4.72. The zero-order valence-electron chi connectivity index (χ0n) is 8.71. The van der Waals surface area contributed by atoms with Gasteiger partial charge < -0.3 is 20.5 Å². The first kappa shape index (κ1) is 11.4. The fourth-order valence-electron chi connectivity index (χ4n) is 1.41. The zero-order valence-corrected chi connectivity index (χ0v) is 8.71. The highest BCUT2D eigenvalue weighted by atomic mass is 16.5. The Bertz CT molecular complexity index is 202. The van der Waals surface area contributed by atoms with E-state index in [1.54, 1.807) is 0 Å². The van der Waals surface area contributed by atoms with E-state index in [1.807, 2.05) is 6.92 Å². The van der Waals surface area contributed by atoms with E-state index in [0.29, 0.717) is 13.2 Å². The summed E-state index contributed by atoms with van der Waals surface area (Å²) < 4.78 is 10.0. The van der Waals surface area contributed by atoms with Gasteiger partial charge in [-0.15, -0.1) is 0 Å². The maximum Gasteiger partial charge on any atom is 0.239 e. The quantitative estimate of drug-likeness (QED) is 0.629. The molecular formula is C9H18N2O3. The van der Waals surface area contributed by atoms with Crippen LogP contribution in [0.4, 0.5) is 0 Å². The molecule has 1 aliphatic heterocycles. The predicted octanol–water partition coefficient (Wildman–Crippen LogP) is -0.745. The molecule has 2 unspecified atom stereocenters. The van der Waals surface area contributed by atoms with Gasteiger partial charge in [0.05, 0.1) is 18.8 Å². The number of hydrogen-bond acceptors (Lipinski definition) is 4. The van der Waals surface area contributed by atoms with Crippen LogP contribution in [-0.2, 0) is 14.3 Å². The fourth-order valence-corrected chi connectivity index (χ4v) is 1.41. The molecule has 14 heavy (non-hydrogen) atoms. The molecule has 0 aromatic carbocycles. The summed E-state index contributed by atoms with van der Waals surface area (Å²) in [5.41, 5.74) is 5.33. The van der Waals surface area contributed by atoms with Crippen LogP contribution in [0.15, 0.2) is 0 Å². The van der Waals surface area contributed by atoms with E-state index in [0.717, 1.165) is 6.42 Å². The van der Waals surface area contributed by atoms with Crippen LogP contribution in [-0.4, -0.2) is 44.4 Å². The molecule has 0 bridgehead atoms. The van der Waals surface area contributed by atoms with Crippen molar-refractivity contribution in [2.75, 3.05) is 26.9 Å². The second-order valence-corrected chi connectivity index (χ2v) is 3.91. The number of hydrogen-bond donors (Lipinski definition) is 2. The van der Waals surface area contributed by atoms with Gasteiger partial charge in [0.25, 0.3) is 0 Å². The summed E-state index contributed by atoms with van der Waals surface area (Å²) in [5, 5.41) is 2.87. The maximum absolute atomic E-state index is 11.5. The van der Waals surface area contributed by atoms with Crippen molar-refractivity contribution in [3.05, 3.63) is 0 Å². The number of carbonyl (C=O) groups excluding carboxylic acids is 1. The molecule has 5 heteroatoms. The number of amides is 1. The molecule has 0 aromatic heterocycles. The maximum atomic E-state index is 11.5. The van der Waals surface area contributed by atoms with E-state index in [9.17, 15) is 4.79 Å². The highest BCUT2D eigenvalue weighted by molar-refractivity contribution is 5.82. The van der Waals surface area contributed by atoms with Gasteiger partial charge in [0.15, 0.2) is 0 Å². The molecule has 1 fully saturated rings. The molecule has 1 aliphatic rings. The van der Waals surface area contributed by atoms with Gasteiger partial charge in [-0.2, -0.15) is 0 Å². The topological polar surface area (TPSA) is 73.6 Å². The molecule has 1 saturated heterocycles. The third-order valence-electron chi connectivity index (χ3n) is 2.33. The highest BCUT2D eigenvalue weighted by Crippen LogP contribution is 2.17. The fraction of sp³-hybridized carbons (Fsp3) is 0.889. The van der Waals surface area contributed by atoms with Crippen molar-refractivity contribution >= 4 is 5.91 Å².